The molecular formula is C15H26N4. The van der Waals surface area contributed by atoms with E-state index in [1.165, 1.54) is 12.8 Å². The number of hydrogen-bond donors (Lipinski definition) is 1. The van der Waals surface area contributed by atoms with Gasteiger partial charge in [0.25, 0.3) is 0 Å². The van der Waals surface area contributed by atoms with Gasteiger partial charge in [0, 0.05) is 31.6 Å². The van der Waals surface area contributed by atoms with E-state index in [0.29, 0.717) is 17.9 Å². The molecule has 1 aromatic heterocycles. The minimum atomic E-state index is 0.354. The first-order valence-electron chi connectivity index (χ1n) is 7.36. The van der Waals surface area contributed by atoms with E-state index < -0.39 is 0 Å². The van der Waals surface area contributed by atoms with Crippen LogP contribution in [0.1, 0.15) is 52.3 Å². The maximum absolute atomic E-state index is 4.77. The first kappa shape index (κ1) is 14.1. The fourth-order valence-electron chi connectivity index (χ4n) is 2.76. The molecule has 4 heteroatoms. The van der Waals surface area contributed by atoms with Gasteiger partial charge in [-0.25, -0.2) is 9.97 Å². The number of nitrogens with one attached hydrogen (secondary N) is 1. The van der Waals surface area contributed by atoms with Crippen LogP contribution in [0, 0.1) is 5.92 Å². The van der Waals surface area contributed by atoms with Crippen LogP contribution in [0.25, 0.3) is 0 Å². The van der Waals surface area contributed by atoms with Crippen LogP contribution < -0.4 is 10.2 Å². The third kappa shape index (κ3) is 2.99. The summed E-state index contributed by atoms with van der Waals surface area (Å²) < 4.78 is 0. The van der Waals surface area contributed by atoms with Crippen LogP contribution in [0.15, 0.2) is 6.07 Å². The molecule has 106 valence electrons. The van der Waals surface area contributed by atoms with Crippen molar-refractivity contribution in [1.82, 2.24) is 9.97 Å². The number of aromatic nitrogens is 2. The minimum absolute atomic E-state index is 0.354. The highest BCUT2D eigenvalue weighted by atomic mass is 15.2. The van der Waals surface area contributed by atoms with Gasteiger partial charge in [-0.05, 0) is 18.8 Å². The largest absolute Gasteiger partial charge is 0.373 e. The second-order valence-corrected chi connectivity index (χ2v) is 6.02. The fourth-order valence-corrected chi connectivity index (χ4v) is 2.76. The maximum atomic E-state index is 4.77. The first-order chi connectivity index (χ1) is 9.02. The minimum Gasteiger partial charge on any atom is -0.373 e. The molecular weight excluding hydrogens is 236 g/mol. The Labute approximate surface area is 116 Å². The standard InChI is InChI=1S/C15H26N4/c1-10(2)12-7-6-8-19(12)14-9-13(16-5)17-15(18-14)11(3)4/h9-12H,6-8H2,1-5H3,(H,16,17,18). The van der Waals surface area contributed by atoms with Crippen LogP contribution in [0.2, 0.25) is 0 Å². The second kappa shape index (κ2) is 5.76. The van der Waals surface area contributed by atoms with Crippen LogP contribution in [0.5, 0.6) is 0 Å². The van der Waals surface area contributed by atoms with Crippen molar-refractivity contribution in [2.45, 2.75) is 52.5 Å². The van der Waals surface area contributed by atoms with Gasteiger partial charge in [0.05, 0.1) is 0 Å². The summed E-state index contributed by atoms with van der Waals surface area (Å²) in [5, 5.41) is 3.15. The quantitative estimate of drug-likeness (QED) is 0.904. The molecule has 0 bridgehead atoms. The van der Waals surface area contributed by atoms with E-state index in [1.807, 2.05) is 7.05 Å². The van der Waals surface area contributed by atoms with E-state index in [2.05, 4.69) is 49.0 Å². The molecule has 0 aliphatic carbocycles. The molecule has 1 fully saturated rings. The molecule has 1 atom stereocenters. The van der Waals surface area contributed by atoms with Crippen molar-refractivity contribution in [2.75, 3.05) is 23.8 Å². The Hall–Kier alpha value is -1.32. The molecule has 2 heterocycles. The van der Waals surface area contributed by atoms with Crippen molar-refractivity contribution < 1.29 is 0 Å². The maximum Gasteiger partial charge on any atom is 0.135 e. The average molecular weight is 262 g/mol. The van der Waals surface area contributed by atoms with E-state index in [9.17, 15) is 0 Å². The Morgan fingerprint density at radius 3 is 2.58 bits per heavy atom. The monoisotopic (exact) mass is 262 g/mol. The Bertz CT molecular complexity index is 428. The molecule has 1 unspecified atom stereocenters. The Morgan fingerprint density at radius 2 is 2.00 bits per heavy atom. The molecule has 0 spiro atoms. The Kier molecular flexibility index (Phi) is 4.27. The SMILES string of the molecule is CNc1cc(N2CCCC2C(C)C)nc(C(C)C)n1. The van der Waals surface area contributed by atoms with Crippen LogP contribution in [0.3, 0.4) is 0 Å². The van der Waals surface area contributed by atoms with Gasteiger partial charge in [0.1, 0.15) is 17.5 Å². The Balaban J connectivity index is 2.35. The highest BCUT2D eigenvalue weighted by molar-refractivity contribution is 5.51. The predicted octanol–water partition coefficient (Wildman–Crippen LogP) is 3.27. The van der Waals surface area contributed by atoms with Crippen LogP contribution >= 0.6 is 0 Å². The van der Waals surface area contributed by atoms with Gasteiger partial charge in [-0.3, -0.25) is 0 Å². The van der Waals surface area contributed by atoms with Gasteiger partial charge in [0.15, 0.2) is 0 Å². The van der Waals surface area contributed by atoms with Crippen molar-refractivity contribution in [3.05, 3.63) is 11.9 Å². The zero-order valence-electron chi connectivity index (χ0n) is 12.8. The lowest BCUT2D eigenvalue weighted by molar-refractivity contribution is 0.489. The molecule has 1 aromatic rings. The molecule has 2 rings (SSSR count). The summed E-state index contributed by atoms with van der Waals surface area (Å²) in [5.41, 5.74) is 0. The molecule has 4 nitrogen and oxygen atoms in total. The van der Waals surface area contributed by atoms with Crippen molar-refractivity contribution in [1.29, 1.82) is 0 Å². The molecule has 1 saturated heterocycles. The van der Waals surface area contributed by atoms with Gasteiger partial charge < -0.3 is 10.2 Å². The zero-order valence-corrected chi connectivity index (χ0v) is 12.8. The molecule has 19 heavy (non-hydrogen) atoms. The molecule has 1 aliphatic rings. The summed E-state index contributed by atoms with van der Waals surface area (Å²) in [6.07, 6.45) is 2.53. The summed E-state index contributed by atoms with van der Waals surface area (Å²) in [4.78, 5) is 11.8. The lowest BCUT2D eigenvalue weighted by atomic mass is 10.0. The van der Waals surface area contributed by atoms with E-state index in [0.717, 1.165) is 24.0 Å². The fraction of sp³-hybridized carbons (Fsp3) is 0.733. The van der Waals surface area contributed by atoms with Gasteiger partial charge in [-0.2, -0.15) is 0 Å². The smallest absolute Gasteiger partial charge is 0.135 e. The molecule has 0 aromatic carbocycles. The predicted molar refractivity (Wildman–Crippen MR) is 80.9 cm³/mol. The van der Waals surface area contributed by atoms with E-state index in [4.69, 9.17) is 4.98 Å². The number of hydrogen-bond acceptors (Lipinski definition) is 4. The lowest BCUT2D eigenvalue weighted by Gasteiger charge is -2.29. The first-order valence-corrected chi connectivity index (χ1v) is 7.36. The third-order valence-electron chi connectivity index (χ3n) is 3.87. The summed E-state index contributed by atoms with van der Waals surface area (Å²) in [7, 11) is 1.92. The lowest BCUT2D eigenvalue weighted by Crippen LogP contribution is -2.34. The van der Waals surface area contributed by atoms with Gasteiger partial charge >= 0.3 is 0 Å². The summed E-state index contributed by atoms with van der Waals surface area (Å²) in [6.45, 7) is 9.99. The highest BCUT2D eigenvalue weighted by Gasteiger charge is 2.28. The molecule has 0 saturated carbocycles. The van der Waals surface area contributed by atoms with Gasteiger partial charge in [0.2, 0.25) is 0 Å². The summed E-state index contributed by atoms with van der Waals surface area (Å²) in [5.74, 6) is 3.95. The zero-order chi connectivity index (χ0) is 14.0. The summed E-state index contributed by atoms with van der Waals surface area (Å²) in [6, 6.07) is 2.69. The molecule has 0 amide bonds. The topological polar surface area (TPSA) is 41.0 Å². The van der Waals surface area contributed by atoms with E-state index in [-0.39, 0.29) is 0 Å². The number of anilines is 2. The molecule has 0 radical (unpaired) electrons. The third-order valence-corrected chi connectivity index (χ3v) is 3.87. The van der Waals surface area contributed by atoms with Crippen molar-refractivity contribution in [2.24, 2.45) is 5.92 Å². The molecule has 1 N–H and O–H groups in total. The van der Waals surface area contributed by atoms with Crippen molar-refractivity contribution in [3.63, 3.8) is 0 Å². The van der Waals surface area contributed by atoms with E-state index >= 15 is 0 Å². The molecule has 1 aliphatic heterocycles. The van der Waals surface area contributed by atoms with Crippen LogP contribution in [0.4, 0.5) is 11.6 Å². The van der Waals surface area contributed by atoms with E-state index in [1.54, 1.807) is 0 Å². The second-order valence-electron chi connectivity index (χ2n) is 6.02. The summed E-state index contributed by atoms with van der Waals surface area (Å²) >= 11 is 0. The van der Waals surface area contributed by atoms with Gasteiger partial charge in [-0.15, -0.1) is 0 Å². The van der Waals surface area contributed by atoms with Gasteiger partial charge in [-0.1, -0.05) is 27.7 Å². The number of rotatable bonds is 4. The normalized spacial score (nSPS) is 19.5. The Morgan fingerprint density at radius 1 is 1.26 bits per heavy atom. The van der Waals surface area contributed by atoms with Crippen molar-refractivity contribution in [3.8, 4) is 0 Å². The van der Waals surface area contributed by atoms with Crippen LogP contribution in [-0.4, -0.2) is 29.6 Å². The number of nitrogens with zero attached hydrogens (tertiary/aromatic N) is 3. The van der Waals surface area contributed by atoms with Crippen molar-refractivity contribution >= 4 is 11.6 Å². The average Bonchev–Trinajstić information content (AvgIpc) is 2.87. The highest BCUT2D eigenvalue weighted by Crippen LogP contribution is 2.30. The van der Waals surface area contributed by atoms with Crippen LogP contribution in [-0.2, 0) is 0 Å².